The molecule has 0 N–H and O–H groups in total. The van der Waals surface area contributed by atoms with Crippen molar-refractivity contribution < 1.29 is 0 Å². The molecule has 176 valence electrons. The Balaban J connectivity index is 0. The van der Waals surface area contributed by atoms with E-state index in [1.807, 2.05) is 6.08 Å². The second-order valence-electron chi connectivity index (χ2n) is 9.15. The van der Waals surface area contributed by atoms with E-state index in [1.165, 1.54) is 154 Å². The number of allylic oxidation sites excluding steroid dienone is 1. The lowest BCUT2D eigenvalue weighted by Crippen LogP contribution is -1.83. The summed E-state index contributed by atoms with van der Waals surface area (Å²) in [4.78, 5) is 0. The molecule has 0 aromatic heterocycles. The Morgan fingerprint density at radius 3 is 0.759 bits per heavy atom. The molecular formula is C29H60. The molecule has 0 fully saturated rings. The average molecular weight is 409 g/mol. The molecule has 0 radical (unpaired) electrons. The van der Waals surface area contributed by atoms with Gasteiger partial charge in [-0.1, -0.05) is 168 Å². The maximum atomic E-state index is 3.71. The lowest BCUT2D eigenvalue weighted by atomic mass is 10.0. The number of hydrogen-bond acceptors (Lipinski definition) is 0. The van der Waals surface area contributed by atoms with E-state index >= 15 is 0 Å². The summed E-state index contributed by atoms with van der Waals surface area (Å²) in [5.74, 6) is 0. The van der Waals surface area contributed by atoms with Gasteiger partial charge >= 0.3 is 0 Å². The van der Waals surface area contributed by atoms with Crippen molar-refractivity contribution in [2.75, 3.05) is 0 Å². The van der Waals surface area contributed by atoms with Crippen LogP contribution in [0, 0.1) is 0 Å². The summed E-state index contributed by atoms with van der Waals surface area (Å²) in [6.07, 6.45) is 36.4. The molecule has 0 heterocycles. The van der Waals surface area contributed by atoms with Gasteiger partial charge in [0.2, 0.25) is 0 Å². The second-order valence-corrected chi connectivity index (χ2v) is 9.15. The fourth-order valence-corrected chi connectivity index (χ4v) is 3.87. The molecule has 0 atom stereocenters. The van der Waals surface area contributed by atoms with Gasteiger partial charge in [-0.05, 0) is 12.8 Å². The first-order valence-corrected chi connectivity index (χ1v) is 13.9. The van der Waals surface area contributed by atoms with Gasteiger partial charge in [-0.2, -0.15) is 0 Å². The van der Waals surface area contributed by atoms with E-state index in [1.54, 1.807) is 0 Å². The van der Waals surface area contributed by atoms with Crippen LogP contribution in [0.15, 0.2) is 12.7 Å². The largest absolute Gasteiger partial charge is 0.103 e. The van der Waals surface area contributed by atoms with Gasteiger partial charge in [0.1, 0.15) is 0 Å². The molecule has 0 rings (SSSR count). The van der Waals surface area contributed by atoms with E-state index in [9.17, 15) is 0 Å². The van der Waals surface area contributed by atoms with Crippen LogP contribution in [0.4, 0.5) is 0 Å². The van der Waals surface area contributed by atoms with Gasteiger partial charge < -0.3 is 0 Å². The summed E-state index contributed by atoms with van der Waals surface area (Å²) < 4.78 is 0. The summed E-state index contributed by atoms with van der Waals surface area (Å²) in [6.45, 7) is 10.6. The SMILES string of the molecule is C=CCCCCCCCCC.CCCCCCCCCCCCCCCCCC. The molecule has 0 spiro atoms. The van der Waals surface area contributed by atoms with Gasteiger partial charge in [0, 0.05) is 0 Å². The van der Waals surface area contributed by atoms with Crippen molar-refractivity contribution in [3.8, 4) is 0 Å². The first-order valence-electron chi connectivity index (χ1n) is 13.9. The maximum absolute atomic E-state index is 3.71. The summed E-state index contributed by atoms with van der Waals surface area (Å²) in [6, 6.07) is 0. The molecule has 0 aliphatic carbocycles. The predicted molar refractivity (Wildman–Crippen MR) is 138 cm³/mol. The molecule has 0 bridgehead atoms. The van der Waals surface area contributed by atoms with Crippen LogP contribution in [0.5, 0.6) is 0 Å². The first-order chi connectivity index (χ1) is 14.3. The highest BCUT2D eigenvalue weighted by Gasteiger charge is 1.93. The van der Waals surface area contributed by atoms with Crippen molar-refractivity contribution >= 4 is 0 Å². The minimum Gasteiger partial charge on any atom is -0.103 e. The van der Waals surface area contributed by atoms with E-state index < -0.39 is 0 Å². The Morgan fingerprint density at radius 1 is 0.345 bits per heavy atom. The summed E-state index contributed by atoms with van der Waals surface area (Å²) in [5, 5.41) is 0. The molecule has 0 saturated heterocycles. The molecule has 0 aromatic carbocycles. The van der Waals surface area contributed by atoms with E-state index in [-0.39, 0.29) is 0 Å². The van der Waals surface area contributed by atoms with Crippen molar-refractivity contribution in [3.63, 3.8) is 0 Å². The van der Waals surface area contributed by atoms with Crippen LogP contribution in [-0.4, -0.2) is 0 Å². The molecule has 0 nitrogen and oxygen atoms in total. The quantitative estimate of drug-likeness (QED) is 0.116. The summed E-state index contributed by atoms with van der Waals surface area (Å²) in [7, 11) is 0. The van der Waals surface area contributed by atoms with Crippen LogP contribution in [0.2, 0.25) is 0 Å². The highest BCUT2D eigenvalue weighted by atomic mass is 14.0. The molecule has 0 aliphatic rings. The van der Waals surface area contributed by atoms with E-state index in [0.717, 1.165) is 0 Å². The molecule has 0 amide bonds. The van der Waals surface area contributed by atoms with Crippen LogP contribution in [0.1, 0.15) is 175 Å². The lowest BCUT2D eigenvalue weighted by Gasteiger charge is -2.03. The highest BCUT2D eigenvalue weighted by molar-refractivity contribution is 4.65. The van der Waals surface area contributed by atoms with Crippen LogP contribution in [-0.2, 0) is 0 Å². The fourth-order valence-electron chi connectivity index (χ4n) is 3.87. The zero-order valence-corrected chi connectivity index (χ0v) is 21.3. The van der Waals surface area contributed by atoms with Crippen molar-refractivity contribution in [2.45, 2.75) is 175 Å². The van der Waals surface area contributed by atoms with Gasteiger partial charge in [0.05, 0.1) is 0 Å². The minimum atomic E-state index is 1.20. The third-order valence-corrected chi connectivity index (χ3v) is 5.97. The Morgan fingerprint density at radius 2 is 0.552 bits per heavy atom. The zero-order valence-electron chi connectivity index (χ0n) is 21.3. The van der Waals surface area contributed by atoms with Crippen molar-refractivity contribution in [3.05, 3.63) is 12.7 Å². The van der Waals surface area contributed by atoms with Gasteiger partial charge in [0.25, 0.3) is 0 Å². The lowest BCUT2D eigenvalue weighted by molar-refractivity contribution is 0.531. The molecule has 29 heavy (non-hydrogen) atoms. The topological polar surface area (TPSA) is 0 Å². The van der Waals surface area contributed by atoms with Crippen LogP contribution < -0.4 is 0 Å². The number of unbranched alkanes of at least 4 members (excludes halogenated alkanes) is 22. The van der Waals surface area contributed by atoms with E-state index in [0.29, 0.717) is 0 Å². The van der Waals surface area contributed by atoms with Crippen LogP contribution >= 0.6 is 0 Å². The van der Waals surface area contributed by atoms with Crippen molar-refractivity contribution in [1.82, 2.24) is 0 Å². The number of hydrogen-bond donors (Lipinski definition) is 0. The molecule has 0 unspecified atom stereocenters. The number of rotatable bonds is 23. The fraction of sp³-hybridized carbons (Fsp3) is 0.931. The van der Waals surface area contributed by atoms with Crippen molar-refractivity contribution in [2.24, 2.45) is 0 Å². The Hall–Kier alpha value is -0.260. The Labute approximate surface area is 187 Å². The average Bonchev–Trinajstić information content (AvgIpc) is 2.74. The monoisotopic (exact) mass is 408 g/mol. The highest BCUT2D eigenvalue weighted by Crippen LogP contribution is 2.13. The first kappa shape index (κ1) is 30.9. The normalized spacial score (nSPS) is 10.6. The maximum Gasteiger partial charge on any atom is -0.0353 e. The summed E-state index contributed by atoms with van der Waals surface area (Å²) in [5.41, 5.74) is 0. The molecule has 0 aromatic rings. The third-order valence-electron chi connectivity index (χ3n) is 5.97. The predicted octanol–water partition coefficient (Wildman–Crippen LogP) is 11.6. The van der Waals surface area contributed by atoms with Gasteiger partial charge in [-0.3, -0.25) is 0 Å². The third kappa shape index (κ3) is 35.5. The van der Waals surface area contributed by atoms with Gasteiger partial charge in [0.15, 0.2) is 0 Å². The van der Waals surface area contributed by atoms with Crippen molar-refractivity contribution in [1.29, 1.82) is 0 Å². The van der Waals surface area contributed by atoms with Gasteiger partial charge in [-0.25, -0.2) is 0 Å². The zero-order chi connectivity index (χ0) is 21.7. The molecule has 0 aliphatic heterocycles. The standard InChI is InChI=1S/C18H38.C11H22/c1-3-5-7-9-11-13-15-17-18-16-14-12-10-8-6-4-2;1-3-5-7-9-11-10-8-6-4-2/h3-18H2,1-2H3;3H,1,4-11H2,2H3. The second kappa shape index (κ2) is 32.4. The minimum absolute atomic E-state index is 1.20. The van der Waals surface area contributed by atoms with Gasteiger partial charge in [-0.15, -0.1) is 6.58 Å². The molecule has 0 heteroatoms. The Kier molecular flexibility index (Phi) is 34.6. The van der Waals surface area contributed by atoms with Crippen LogP contribution in [0.3, 0.4) is 0 Å². The summed E-state index contributed by atoms with van der Waals surface area (Å²) >= 11 is 0. The van der Waals surface area contributed by atoms with E-state index in [4.69, 9.17) is 0 Å². The Bertz CT molecular complexity index is 239. The molecular weight excluding hydrogens is 348 g/mol. The van der Waals surface area contributed by atoms with Crippen LogP contribution in [0.25, 0.3) is 0 Å². The molecule has 0 saturated carbocycles. The smallest absolute Gasteiger partial charge is 0.0353 e. The van der Waals surface area contributed by atoms with E-state index in [2.05, 4.69) is 27.4 Å².